The molecule has 0 radical (unpaired) electrons. The van der Waals surface area contributed by atoms with Crippen molar-refractivity contribution in [1.82, 2.24) is 5.32 Å². The minimum atomic E-state index is 0.169. The van der Waals surface area contributed by atoms with Gasteiger partial charge >= 0.3 is 0 Å². The number of nitrogens with one attached hydrogen (secondary N) is 1. The first kappa shape index (κ1) is 13.1. The summed E-state index contributed by atoms with van der Waals surface area (Å²) in [6, 6.07) is 6.44. The van der Waals surface area contributed by atoms with Crippen LogP contribution < -0.4 is 5.32 Å². The van der Waals surface area contributed by atoms with Crippen molar-refractivity contribution in [1.29, 1.82) is 0 Å². The van der Waals surface area contributed by atoms with E-state index in [1.54, 1.807) is 11.8 Å². The van der Waals surface area contributed by atoms with E-state index in [4.69, 9.17) is 0 Å². The van der Waals surface area contributed by atoms with Crippen LogP contribution in [-0.4, -0.2) is 11.8 Å². The molecule has 0 saturated heterocycles. The van der Waals surface area contributed by atoms with E-state index in [9.17, 15) is 0 Å². The molecule has 0 saturated carbocycles. The number of hydrogen-bond donors (Lipinski definition) is 1. The van der Waals surface area contributed by atoms with Crippen LogP contribution in [0.15, 0.2) is 27.6 Å². The molecule has 1 N–H and O–H groups in total. The molecular formula is C12H18BrNS. The number of thioether (sulfide) groups is 1. The first-order valence-electron chi connectivity index (χ1n) is 5.00. The molecule has 0 fully saturated rings. The zero-order chi connectivity index (χ0) is 11.5. The van der Waals surface area contributed by atoms with Gasteiger partial charge in [-0.05, 0) is 44.7 Å². The third-order valence-corrected chi connectivity index (χ3v) is 3.37. The molecule has 0 aromatic heterocycles. The third-order valence-electron chi connectivity index (χ3n) is 2.06. The van der Waals surface area contributed by atoms with E-state index < -0.39 is 0 Å². The van der Waals surface area contributed by atoms with Crippen molar-refractivity contribution in [3.05, 3.63) is 28.2 Å². The Bertz CT molecular complexity index is 331. The second kappa shape index (κ2) is 5.37. The van der Waals surface area contributed by atoms with Gasteiger partial charge < -0.3 is 5.32 Å². The number of halogens is 1. The van der Waals surface area contributed by atoms with Crippen LogP contribution in [0.3, 0.4) is 0 Å². The van der Waals surface area contributed by atoms with Crippen LogP contribution in [-0.2, 0) is 6.54 Å². The van der Waals surface area contributed by atoms with Crippen molar-refractivity contribution < 1.29 is 0 Å². The maximum Gasteiger partial charge on any atom is 0.0221 e. The second-order valence-corrected chi connectivity index (χ2v) is 6.32. The maximum atomic E-state index is 3.50. The average molecular weight is 288 g/mol. The van der Waals surface area contributed by atoms with E-state index in [-0.39, 0.29) is 5.54 Å². The zero-order valence-electron chi connectivity index (χ0n) is 9.73. The summed E-state index contributed by atoms with van der Waals surface area (Å²) in [7, 11) is 0. The smallest absolute Gasteiger partial charge is 0.0221 e. The molecule has 1 aromatic carbocycles. The molecule has 1 rings (SSSR count). The van der Waals surface area contributed by atoms with Gasteiger partial charge in [-0.2, -0.15) is 0 Å². The van der Waals surface area contributed by atoms with Gasteiger partial charge in [0.2, 0.25) is 0 Å². The SMILES string of the molecule is CSc1cc(Br)ccc1CNC(C)(C)C. The molecule has 0 aliphatic rings. The molecule has 15 heavy (non-hydrogen) atoms. The van der Waals surface area contributed by atoms with Crippen molar-refractivity contribution in [2.75, 3.05) is 6.26 Å². The standard InChI is InChI=1S/C12H18BrNS/c1-12(2,3)14-8-9-5-6-10(13)7-11(9)15-4/h5-7,14H,8H2,1-4H3. The molecule has 0 bridgehead atoms. The Morgan fingerprint density at radius 2 is 2.00 bits per heavy atom. The minimum absolute atomic E-state index is 0.169. The molecule has 0 spiro atoms. The van der Waals surface area contributed by atoms with Gasteiger partial charge in [0.25, 0.3) is 0 Å². The third kappa shape index (κ3) is 4.58. The first-order chi connectivity index (χ1) is 6.92. The fourth-order valence-electron chi connectivity index (χ4n) is 1.22. The monoisotopic (exact) mass is 287 g/mol. The highest BCUT2D eigenvalue weighted by Crippen LogP contribution is 2.24. The zero-order valence-corrected chi connectivity index (χ0v) is 12.1. The van der Waals surface area contributed by atoms with Gasteiger partial charge in [-0.15, -0.1) is 11.8 Å². The number of benzene rings is 1. The fraction of sp³-hybridized carbons (Fsp3) is 0.500. The van der Waals surface area contributed by atoms with Crippen molar-refractivity contribution in [2.24, 2.45) is 0 Å². The van der Waals surface area contributed by atoms with Gasteiger partial charge in [0.05, 0.1) is 0 Å². The highest BCUT2D eigenvalue weighted by Gasteiger charge is 2.10. The van der Waals surface area contributed by atoms with Crippen molar-refractivity contribution in [3.63, 3.8) is 0 Å². The van der Waals surface area contributed by atoms with Crippen LogP contribution in [0.2, 0.25) is 0 Å². The van der Waals surface area contributed by atoms with Gasteiger partial charge in [-0.3, -0.25) is 0 Å². The Morgan fingerprint density at radius 1 is 1.33 bits per heavy atom. The Balaban J connectivity index is 2.76. The lowest BCUT2D eigenvalue weighted by atomic mass is 10.1. The van der Waals surface area contributed by atoms with E-state index in [0.29, 0.717) is 0 Å². The summed E-state index contributed by atoms with van der Waals surface area (Å²) < 4.78 is 1.14. The predicted molar refractivity (Wildman–Crippen MR) is 72.5 cm³/mol. The summed E-state index contributed by atoms with van der Waals surface area (Å²) in [6.45, 7) is 7.48. The Morgan fingerprint density at radius 3 is 2.53 bits per heavy atom. The average Bonchev–Trinajstić information content (AvgIpc) is 2.14. The summed E-state index contributed by atoms with van der Waals surface area (Å²) in [5.41, 5.74) is 1.53. The highest BCUT2D eigenvalue weighted by atomic mass is 79.9. The lowest BCUT2D eigenvalue weighted by Gasteiger charge is -2.21. The van der Waals surface area contributed by atoms with Crippen molar-refractivity contribution >= 4 is 27.7 Å². The molecule has 1 aromatic rings. The lowest BCUT2D eigenvalue weighted by Crippen LogP contribution is -2.35. The molecule has 1 nitrogen and oxygen atoms in total. The van der Waals surface area contributed by atoms with Gasteiger partial charge in [0.1, 0.15) is 0 Å². The molecule has 0 unspecified atom stereocenters. The van der Waals surface area contributed by atoms with E-state index >= 15 is 0 Å². The van der Waals surface area contributed by atoms with Crippen LogP contribution in [0, 0.1) is 0 Å². The summed E-state index contributed by atoms with van der Waals surface area (Å²) in [6.07, 6.45) is 2.11. The molecular weight excluding hydrogens is 270 g/mol. The summed E-state index contributed by atoms with van der Waals surface area (Å²) >= 11 is 5.28. The van der Waals surface area contributed by atoms with Crippen LogP contribution in [0.5, 0.6) is 0 Å². The largest absolute Gasteiger partial charge is 0.308 e. The van der Waals surface area contributed by atoms with E-state index in [1.807, 2.05) is 0 Å². The predicted octanol–water partition coefficient (Wildman–Crippen LogP) is 4.06. The molecule has 0 aliphatic heterocycles. The summed E-state index contributed by atoms with van der Waals surface area (Å²) in [4.78, 5) is 1.33. The molecule has 0 amide bonds. The molecule has 0 heterocycles. The first-order valence-corrected chi connectivity index (χ1v) is 7.01. The van der Waals surface area contributed by atoms with Crippen molar-refractivity contribution in [3.8, 4) is 0 Å². The molecule has 3 heteroatoms. The maximum absolute atomic E-state index is 3.50. The Hall–Kier alpha value is 0.01000. The lowest BCUT2D eigenvalue weighted by molar-refractivity contribution is 0.422. The van der Waals surface area contributed by atoms with Gasteiger partial charge in [-0.25, -0.2) is 0 Å². The molecule has 0 aliphatic carbocycles. The van der Waals surface area contributed by atoms with Crippen molar-refractivity contribution in [2.45, 2.75) is 37.8 Å². The Kier molecular flexibility index (Phi) is 4.68. The van der Waals surface area contributed by atoms with Crippen LogP contribution in [0.1, 0.15) is 26.3 Å². The summed E-state index contributed by atoms with van der Waals surface area (Å²) in [5.74, 6) is 0. The highest BCUT2D eigenvalue weighted by molar-refractivity contribution is 9.10. The number of hydrogen-bond acceptors (Lipinski definition) is 2. The van der Waals surface area contributed by atoms with E-state index in [2.05, 4.69) is 66.5 Å². The normalized spacial score (nSPS) is 11.8. The second-order valence-electron chi connectivity index (χ2n) is 4.56. The summed E-state index contributed by atoms with van der Waals surface area (Å²) in [5, 5.41) is 3.50. The van der Waals surface area contributed by atoms with Gasteiger partial charge in [0, 0.05) is 21.5 Å². The van der Waals surface area contributed by atoms with Gasteiger partial charge in [0.15, 0.2) is 0 Å². The van der Waals surface area contributed by atoms with E-state index in [0.717, 1.165) is 11.0 Å². The molecule has 84 valence electrons. The van der Waals surface area contributed by atoms with Gasteiger partial charge in [-0.1, -0.05) is 22.0 Å². The van der Waals surface area contributed by atoms with Crippen LogP contribution in [0.25, 0.3) is 0 Å². The number of rotatable bonds is 3. The Labute approximate surface area is 105 Å². The quantitative estimate of drug-likeness (QED) is 0.842. The minimum Gasteiger partial charge on any atom is -0.308 e. The van der Waals surface area contributed by atoms with Crippen LogP contribution >= 0.6 is 27.7 Å². The fourth-order valence-corrected chi connectivity index (χ4v) is 2.38. The molecule has 0 atom stereocenters. The van der Waals surface area contributed by atoms with E-state index in [1.165, 1.54) is 10.5 Å². The topological polar surface area (TPSA) is 12.0 Å². The van der Waals surface area contributed by atoms with Crippen LogP contribution in [0.4, 0.5) is 0 Å².